The summed E-state index contributed by atoms with van der Waals surface area (Å²) in [4.78, 5) is 23.9. The lowest BCUT2D eigenvalue weighted by molar-refractivity contribution is 0.141. The SMILES string of the molecule is CCC1CN=C(C2CC2)CC1=Nc1cc(N2CC(O)C2)nc(Oc2ccc3[nH]c(C)cc3c2F)n1. The maximum atomic E-state index is 15.2. The van der Waals surface area contributed by atoms with Crippen molar-refractivity contribution >= 4 is 34.0 Å². The van der Waals surface area contributed by atoms with E-state index in [9.17, 15) is 5.11 Å². The molecule has 1 aliphatic carbocycles. The molecule has 182 valence electrons. The molecule has 1 saturated heterocycles. The molecule has 1 aromatic carbocycles. The first kappa shape index (κ1) is 22.2. The fourth-order valence-electron chi connectivity index (χ4n) is 4.82. The second-order valence-electron chi connectivity index (χ2n) is 9.81. The van der Waals surface area contributed by atoms with Crippen LogP contribution in [0.5, 0.6) is 11.8 Å². The Bertz CT molecular complexity index is 1340. The van der Waals surface area contributed by atoms with Crippen molar-refractivity contribution in [2.75, 3.05) is 24.5 Å². The van der Waals surface area contributed by atoms with Gasteiger partial charge in [-0.05, 0) is 50.3 Å². The van der Waals surface area contributed by atoms with Gasteiger partial charge in [-0.25, -0.2) is 9.38 Å². The van der Waals surface area contributed by atoms with Gasteiger partial charge in [-0.1, -0.05) is 6.92 Å². The first-order valence-electron chi connectivity index (χ1n) is 12.3. The molecular weight excluding hydrogens is 447 g/mol. The number of hydrogen-bond acceptors (Lipinski definition) is 7. The van der Waals surface area contributed by atoms with Crippen molar-refractivity contribution in [2.45, 2.75) is 45.6 Å². The lowest BCUT2D eigenvalue weighted by Gasteiger charge is -2.36. The molecule has 2 fully saturated rings. The van der Waals surface area contributed by atoms with Gasteiger partial charge in [-0.3, -0.25) is 4.99 Å². The van der Waals surface area contributed by atoms with Crippen molar-refractivity contribution in [3.63, 3.8) is 0 Å². The summed E-state index contributed by atoms with van der Waals surface area (Å²) in [5, 5.41) is 10.3. The molecule has 0 bridgehead atoms. The van der Waals surface area contributed by atoms with Crippen LogP contribution in [0.4, 0.5) is 16.0 Å². The van der Waals surface area contributed by atoms with E-state index in [0.717, 1.165) is 30.8 Å². The number of ether oxygens (including phenoxy) is 1. The number of aliphatic hydroxyl groups is 1. The van der Waals surface area contributed by atoms with Gasteiger partial charge in [0.05, 0.1) is 6.10 Å². The minimum atomic E-state index is -0.461. The fraction of sp³-hybridized carbons (Fsp3) is 0.462. The highest BCUT2D eigenvalue weighted by Crippen LogP contribution is 2.36. The van der Waals surface area contributed by atoms with Crippen LogP contribution in [-0.2, 0) is 0 Å². The van der Waals surface area contributed by atoms with Crippen molar-refractivity contribution in [2.24, 2.45) is 21.8 Å². The summed E-state index contributed by atoms with van der Waals surface area (Å²) in [5.74, 6) is 1.58. The number of H-pyrrole nitrogens is 1. The molecular formula is C26H29FN6O2. The molecule has 2 aliphatic heterocycles. The van der Waals surface area contributed by atoms with Gasteiger partial charge in [0.25, 0.3) is 0 Å². The lowest BCUT2D eigenvalue weighted by atomic mass is 9.91. The van der Waals surface area contributed by atoms with Gasteiger partial charge in [0.1, 0.15) is 5.82 Å². The summed E-state index contributed by atoms with van der Waals surface area (Å²) in [6.07, 6.45) is 3.78. The number of halogens is 1. The van der Waals surface area contributed by atoms with Crippen LogP contribution in [0.15, 0.2) is 34.3 Å². The number of aromatic nitrogens is 3. The third kappa shape index (κ3) is 4.40. The monoisotopic (exact) mass is 476 g/mol. The molecule has 3 aliphatic rings. The molecule has 2 aromatic heterocycles. The molecule has 9 heteroatoms. The Morgan fingerprint density at radius 1 is 1.23 bits per heavy atom. The highest BCUT2D eigenvalue weighted by atomic mass is 19.1. The first-order valence-corrected chi connectivity index (χ1v) is 12.3. The Kier molecular flexibility index (Phi) is 5.51. The van der Waals surface area contributed by atoms with Crippen LogP contribution in [0, 0.1) is 24.6 Å². The van der Waals surface area contributed by atoms with E-state index >= 15 is 4.39 Å². The van der Waals surface area contributed by atoms with Crippen LogP contribution in [0.2, 0.25) is 0 Å². The third-order valence-corrected chi connectivity index (χ3v) is 7.05. The summed E-state index contributed by atoms with van der Waals surface area (Å²) in [6.45, 7) is 5.76. The minimum Gasteiger partial charge on any atom is -0.421 e. The number of anilines is 1. The van der Waals surface area contributed by atoms with Crippen molar-refractivity contribution in [1.82, 2.24) is 15.0 Å². The van der Waals surface area contributed by atoms with E-state index in [4.69, 9.17) is 14.7 Å². The Labute approximate surface area is 203 Å². The Morgan fingerprint density at radius 2 is 2.06 bits per heavy atom. The Hall–Kier alpha value is -3.33. The molecule has 0 amide bonds. The molecule has 6 rings (SSSR count). The molecule has 4 heterocycles. The third-order valence-electron chi connectivity index (χ3n) is 7.05. The van der Waals surface area contributed by atoms with Gasteiger partial charge in [0.2, 0.25) is 0 Å². The van der Waals surface area contributed by atoms with E-state index in [1.165, 1.54) is 18.6 Å². The number of nitrogens with zero attached hydrogens (tertiary/aromatic N) is 5. The van der Waals surface area contributed by atoms with Crippen LogP contribution < -0.4 is 9.64 Å². The molecule has 0 spiro atoms. The van der Waals surface area contributed by atoms with Crippen molar-refractivity contribution < 1.29 is 14.2 Å². The van der Waals surface area contributed by atoms with Gasteiger partial charge in [0, 0.05) is 66.1 Å². The Balaban J connectivity index is 1.35. The van der Waals surface area contributed by atoms with Crippen LogP contribution in [0.25, 0.3) is 10.9 Å². The number of rotatable bonds is 6. The van der Waals surface area contributed by atoms with Crippen molar-refractivity contribution in [3.8, 4) is 11.8 Å². The largest absolute Gasteiger partial charge is 0.421 e. The second-order valence-corrected chi connectivity index (χ2v) is 9.81. The first-order chi connectivity index (χ1) is 17.0. The minimum absolute atomic E-state index is 0.0358. The van der Waals surface area contributed by atoms with Gasteiger partial charge in [-0.15, -0.1) is 0 Å². The number of β-amino-alcohol motifs (C(OH)–C–C–N with tert-alkyl or cyclic N) is 1. The van der Waals surface area contributed by atoms with E-state index in [1.807, 2.05) is 17.9 Å². The second kappa shape index (κ2) is 8.71. The fourth-order valence-corrected chi connectivity index (χ4v) is 4.82. The van der Waals surface area contributed by atoms with Crippen molar-refractivity contribution in [3.05, 3.63) is 35.8 Å². The summed E-state index contributed by atoms with van der Waals surface area (Å²) in [5.41, 5.74) is 3.91. The average molecular weight is 477 g/mol. The zero-order valence-corrected chi connectivity index (χ0v) is 20.0. The van der Waals surface area contributed by atoms with Gasteiger partial charge >= 0.3 is 6.01 Å². The number of fused-ring (bicyclic) bond motifs is 1. The molecule has 1 unspecified atom stereocenters. The zero-order valence-electron chi connectivity index (χ0n) is 20.0. The number of aromatic amines is 1. The zero-order chi connectivity index (χ0) is 24.1. The maximum absolute atomic E-state index is 15.2. The molecule has 8 nitrogen and oxygen atoms in total. The summed E-state index contributed by atoms with van der Waals surface area (Å²) < 4.78 is 21.0. The smallest absolute Gasteiger partial charge is 0.326 e. The number of hydrogen-bond donors (Lipinski definition) is 2. The van der Waals surface area contributed by atoms with E-state index in [-0.39, 0.29) is 23.8 Å². The number of aliphatic imine (C=N–C) groups is 2. The normalized spacial score (nSPS) is 21.9. The number of nitrogens with one attached hydrogen (secondary N) is 1. The average Bonchev–Trinajstić information content (AvgIpc) is 3.60. The van der Waals surface area contributed by atoms with Crippen LogP contribution >= 0.6 is 0 Å². The number of aliphatic hydroxyl groups excluding tert-OH is 1. The highest BCUT2D eigenvalue weighted by molar-refractivity contribution is 6.09. The van der Waals surface area contributed by atoms with E-state index < -0.39 is 5.82 Å². The summed E-state index contributed by atoms with van der Waals surface area (Å²) in [7, 11) is 0. The predicted molar refractivity (Wildman–Crippen MR) is 134 cm³/mol. The maximum Gasteiger partial charge on any atom is 0.326 e. The number of benzene rings is 1. The lowest BCUT2D eigenvalue weighted by Crippen LogP contribution is -2.51. The van der Waals surface area contributed by atoms with Crippen molar-refractivity contribution in [1.29, 1.82) is 0 Å². The summed E-state index contributed by atoms with van der Waals surface area (Å²) >= 11 is 0. The molecule has 1 atom stereocenters. The van der Waals surface area contributed by atoms with Gasteiger partial charge in [-0.2, -0.15) is 9.97 Å². The predicted octanol–water partition coefficient (Wildman–Crippen LogP) is 4.73. The van der Waals surface area contributed by atoms with E-state index in [1.54, 1.807) is 18.2 Å². The Morgan fingerprint density at radius 3 is 2.80 bits per heavy atom. The van der Waals surface area contributed by atoms with Crippen LogP contribution in [0.1, 0.15) is 38.3 Å². The van der Waals surface area contributed by atoms with Gasteiger partial charge < -0.3 is 19.7 Å². The van der Waals surface area contributed by atoms with Crippen LogP contribution in [0.3, 0.4) is 0 Å². The molecule has 0 radical (unpaired) electrons. The molecule has 1 saturated carbocycles. The molecule has 3 aromatic rings. The van der Waals surface area contributed by atoms with Gasteiger partial charge in [0.15, 0.2) is 17.4 Å². The van der Waals surface area contributed by atoms with E-state index in [0.29, 0.717) is 41.5 Å². The van der Waals surface area contributed by atoms with E-state index in [2.05, 4.69) is 21.9 Å². The number of aryl methyl sites for hydroxylation is 1. The molecule has 35 heavy (non-hydrogen) atoms. The van der Waals surface area contributed by atoms with Crippen LogP contribution in [-0.4, -0.2) is 57.2 Å². The quantitative estimate of drug-likeness (QED) is 0.536. The highest BCUT2D eigenvalue weighted by Gasteiger charge is 2.32. The summed E-state index contributed by atoms with van der Waals surface area (Å²) in [6, 6.07) is 6.96. The molecule has 2 N–H and O–H groups in total. The topological polar surface area (TPSA) is 99.0 Å². The standard InChI is InChI=1S/C26H29FN6O2/c1-3-15-11-28-20(16-4-5-16)9-21(15)30-23-10-24(33-12-17(34)13-33)32-26(31-23)35-22-7-6-19-18(25(22)27)8-14(2)29-19/h6-8,10,15-17,29,34H,3-5,9,11-13H2,1-2H3.